The van der Waals surface area contributed by atoms with Crippen LogP contribution in [0.25, 0.3) is 0 Å². The summed E-state index contributed by atoms with van der Waals surface area (Å²) in [4.78, 5) is 25.6. The lowest BCUT2D eigenvalue weighted by Crippen LogP contribution is -2.47. The van der Waals surface area contributed by atoms with Crippen molar-refractivity contribution in [2.45, 2.75) is 44.7 Å². The van der Waals surface area contributed by atoms with Crippen LogP contribution in [0.1, 0.15) is 44.2 Å². The molecule has 1 saturated heterocycles. The molecule has 1 aliphatic heterocycles. The number of amides is 2. The van der Waals surface area contributed by atoms with Gasteiger partial charge in [0.15, 0.2) is 6.04 Å². The lowest BCUT2D eigenvalue weighted by atomic mass is 10.1. The van der Waals surface area contributed by atoms with Gasteiger partial charge >= 0.3 is 12.0 Å². The van der Waals surface area contributed by atoms with Gasteiger partial charge in [-0.25, -0.2) is 9.59 Å². The second kappa shape index (κ2) is 7.11. The van der Waals surface area contributed by atoms with Crippen molar-refractivity contribution < 1.29 is 14.7 Å². The molecule has 0 spiro atoms. The highest BCUT2D eigenvalue weighted by atomic mass is 16.4. The van der Waals surface area contributed by atoms with Gasteiger partial charge in [0, 0.05) is 12.6 Å². The minimum atomic E-state index is -1.04. The average molecular weight is 290 g/mol. The number of aliphatic carboxylic acids is 1. The minimum Gasteiger partial charge on any atom is -0.479 e. The van der Waals surface area contributed by atoms with E-state index in [-0.39, 0.29) is 12.1 Å². The van der Waals surface area contributed by atoms with Crippen molar-refractivity contribution in [1.29, 1.82) is 0 Å². The molecule has 1 aliphatic rings. The van der Waals surface area contributed by atoms with Gasteiger partial charge in [-0.15, -0.1) is 0 Å². The molecule has 21 heavy (non-hydrogen) atoms. The van der Waals surface area contributed by atoms with Gasteiger partial charge in [-0.1, -0.05) is 43.2 Å². The van der Waals surface area contributed by atoms with Crippen molar-refractivity contribution in [3.63, 3.8) is 0 Å². The summed E-state index contributed by atoms with van der Waals surface area (Å²) in [7, 11) is 0. The Bertz CT molecular complexity index is 490. The van der Waals surface area contributed by atoms with Gasteiger partial charge in [0.25, 0.3) is 0 Å². The highest BCUT2D eigenvalue weighted by Gasteiger charge is 2.27. The zero-order valence-electron chi connectivity index (χ0n) is 12.3. The van der Waals surface area contributed by atoms with Gasteiger partial charge in [-0.2, -0.15) is 0 Å². The molecule has 114 valence electrons. The summed E-state index contributed by atoms with van der Waals surface area (Å²) < 4.78 is 0. The normalized spacial score (nSPS) is 20.4. The molecule has 1 aromatic carbocycles. The SMILES string of the molecule is CC1CCCCCN1C(=O)N[C@@H](C(=O)O)c1ccccc1. The van der Waals surface area contributed by atoms with E-state index in [9.17, 15) is 14.7 Å². The standard InChI is InChI=1S/C16H22N2O3/c1-12-8-4-3-7-11-18(12)16(21)17-14(15(19)20)13-9-5-2-6-10-13/h2,5-6,9-10,12,14H,3-4,7-8,11H2,1H3,(H,17,21)(H,19,20)/t12?,14-/m1/s1. The maximum Gasteiger partial charge on any atom is 0.330 e. The molecule has 0 bridgehead atoms. The van der Waals surface area contributed by atoms with Gasteiger partial charge in [0.05, 0.1) is 0 Å². The molecular formula is C16H22N2O3. The molecule has 2 N–H and O–H groups in total. The van der Waals surface area contributed by atoms with Gasteiger partial charge in [0.1, 0.15) is 0 Å². The van der Waals surface area contributed by atoms with Crippen molar-refractivity contribution >= 4 is 12.0 Å². The Balaban J connectivity index is 2.09. The Morgan fingerprint density at radius 3 is 2.62 bits per heavy atom. The Labute approximate surface area is 125 Å². The van der Waals surface area contributed by atoms with Crippen LogP contribution in [-0.4, -0.2) is 34.6 Å². The third-order valence-electron chi connectivity index (χ3n) is 3.96. The molecule has 2 atom stereocenters. The van der Waals surface area contributed by atoms with Crippen LogP contribution < -0.4 is 5.32 Å². The predicted octanol–water partition coefficient (Wildman–Crippen LogP) is 2.79. The second-order valence-electron chi connectivity index (χ2n) is 5.52. The molecule has 5 nitrogen and oxygen atoms in total. The van der Waals surface area contributed by atoms with E-state index in [0.29, 0.717) is 12.1 Å². The average Bonchev–Trinajstić information content (AvgIpc) is 2.69. The molecule has 2 amide bonds. The van der Waals surface area contributed by atoms with Crippen LogP contribution in [0.3, 0.4) is 0 Å². The lowest BCUT2D eigenvalue weighted by molar-refractivity contribution is -0.139. The van der Waals surface area contributed by atoms with Gasteiger partial charge < -0.3 is 15.3 Å². The maximum atomic E-state index is 12.4. The number of likely N-dealkylation sites (tertiary alicyclic amines) is 1. The maximum absolute atomic E-state index is 12.4. The number of rotatable bonds is 3. The van der Waals surface area contributed by atoms with Crippen molar-refractivity contribution in [3.05, 3.63) is 35.9 Å². The first-order valence-corrected chi connectivity index (χ1v) is 7.44. The summed E-state index contributed by atoms with van der Waals surface area (Å²) in [6, 6.07) is 7.64. The third-order valence-corrected chi connectivity index (χ3v) is 3.96. The molecule has 0 aliphatic carbocycles. The molecule has 1 heterocycles. The van der Waals surface area contributed by atoms with E-state index in [2.05, 4.69) is 5.32 Å². The summed E-state index contributed by atoms with van der Waals surface area (Å²) >= 11 is 0. The molecule has 1 unspecified atom stereocenters. The van der Waals surface area contributed by atoms with E-state index in [4.69, 9.17) is 0 Å². The van der Waals surface area contributed by atoms with Crippen LogP contribution in [0, 0.1) is 0 Å². The van der Waals surface area contributed by atoms with Crippen LogP contribution in [0.5, 0.6) is 0 Å². The van der Waals surface area contributed by atoms with Crippen molar-refractivity contribution in [2.75, 3.05) is 6.54 Å². The summed E-state index contributed by atoms with van der Waals surface area (Å²) in [6.45, 7) is 2.71. The molecule has 0 radical (unpaired) electrons. The highest BCUT2D eigenvalue weighted by molar-refractivity contribution is 5.83. The quantitative estimate of drug-likeness (QED) is 0.899. The number of nitrogens with one attached hydrogen (secondary N) is 1. The Hall–Kier alpha value is -2.04. The van der Waals surface area contributed by atoms with Gasteiger partial charge in [-0.3, -0.25) is 0 Å². The predicted molar refractivity (Wildman–Crippen MR) is 80.0 cm³/mol. The number of benzene rings is 1. The monoisotopic (exact) mass is 290 g/mol. The molecule has 1 aromatic rings. The number of nitrogens with zero attached hydrogens (tertiary/aromatic N) is 1. The Kier molecular flexibility index (Phi) is 5.20. The molecule has 1 fully saturated rings. The molecular weight excluding hydrogens is 268 g/mol. The van der Waals surface area contributed by atoms with E-state index in [1.165, 1.54) is 0 Å². The van der Waals surface area contributed by atoms with E-state index in [1.54, 1.807) is 29.2 Å². The number of carbonyl (C=O) groups excluding carboxylic acids is 1. The highest BCUT2D eigenvalue weighted by Crippen LogP contribution is 2.18. The van der Waals surface area contributed by atoms with Crippen LogP contribution >= 0.6 is 0 Å². The van der Waals surface area contributed by atoms with Crippen LogP contribution in [0.4, 0.5) is 4.79 Å². The summed E-state index contributed by atoms with van der Waals surface area (Å²) in [6.07, 6.45) is 4.18. The van der Waals surface area contributed by atoms with E-state index in [1.807, 2.05) is 13.0 Å². The first-order chi connectivity index (χ1) is 10.1. The number of hydrogen-bond donors (Lipinski definition) is 2. The largest absolute Gasteiger partial charge is 0.479 e. The number of carbonyl (C=O) groups is 2. The fourth-order valence-electron chi connectivity index (χ4n) is 2.72. The number of hydrogen-bond acceptors (Lipinski definition) is 2. The third kappa shape index (κ3) is 3.97. The first-order valence-electron chi connectivity index (χ1n) is 7.44. The zero-order valence-corrected chi connectivity index (χ0v) is 12.3. The fraction of sp³-hybridized carbons (Fsp3) is 0.500. The van der Waals surface area contributed by atoms with Crippen LogP contribution in [0.2, 0.25) is 0 Å². The Morgan fingerprint density at radius 2 is 1.95 bits per heavy atom. The molecule has 0 saturated carbocycles. The summed E-state index contributed by atoms with van der Waals surface area (Å²) in [5.41, 5.74) is 0.584. The van der Waals surface area contributed by atoms with Crippen molar-refractivity contribution in [2.24, 2.45) is 0 Å². The summed E-state index contributed by atoms with van der Waals surface area (Å²) in [5, 5.41) is 12.0. The lowest BCUT2D eigenvalue weighted by Gasteiger charge is -2.29. The van der Waals surface area contributed by atoms with Crippen molar-refractivity contribution in [3.8, 4) is 0 Å². The number of urea groups is 1. The second-order valence-corrected chi connectivity index (χ2v) is 5.52. The van der Waals surface area contributed by atoms with E-state index in [0.717, 1.165) is 25.7 Å². The van der Waals surface area contributed by atoms with Gasteiger partial charge in [-0.05, 0) is 25.3 Å². The number of carboxylic acids is 1. The van der Waals surface area contributed by atoms with Gasteiger partial charge in [0.2, 0.25) is 0 Å². The Morgan fingerprint density at radius 1 is 1.24 bits per heavy atom. The first kappa shape index (κ1) is 15.4. The minimum absolute atomic E-state index is 0.151. The number of carboxylic acid groups (broad SMARTS) is 1. The van der Waals surface area contributed by atoms with E-state index < -0.39 is 12.0 Å². The van der Waals surface area contributed by atoms with Crippen LogP contribution in [0.15, 0.2) is 30.3 Å². The smallest absolute Gasteiger partial charge is 0.330 e. The molecule has 5 heteroatoms. The molecule has 0 aromatic heterocycles. The van der Waals surface area contributed by atoms with E-state index >= 15 is 0 Å². The zero-order chi connectivity index (χ0) is 15.2. The topological polar surface area (TPSA) is 69.6 Å². The van der Waals surface area contributed by atoms with Crippen molar-refractivity contribution in [1.82, 2.24) is 10.2 Å². The van der Waals surface area contributed by atoms with Crippen LogP contribution in [-0.2, 0) is 4.79 Å². The fourth-order valence-corrected chi connectivity index (χ4v) is 2.72. The summed E-state index contributed by atoms with van der Waals surface area (Å²) in [5.74, 6) is -1.04. The molecule has 2 rings (SSSR count).